The monoisotopic (exact) mass is 222 g/mol. The molecule has 2 rings (SSSR count). The van der Waals surface area contributed by atoms with Gasteiger partial charge in [-0.25, -0.2) is 4.79 Å². The quantitative estimate of drug-likeness (QED) is 0.794. The van der Waals surface area contributed by atoms with E-state index in [2.05, 4.69) is 0 Å². The van der Waals surface area contributed by atoms with E-state index in [1.807, 2.05) is 31.7 Å². The van der Waals surface area contributed by atoms with E-state index in [0.29, 0.717) is 5.56 Å². The molecule has 1 aliphatic rings. The van der Waals surface area contributed by atoms with Crippen LogP contribution in [0.1, 0.15) is 32.6 Å². The zero-order valence-electron chi connectivity index (χ0n) is 8.96. The summed E-state index contributed by atoms with van der Waals surface area (Å²) in [7, 11) is 0. The highest BCUT2D eigenvalue weighted by atomic mass is 32.2. The Hall–Kier alpha value is -0.960. The molecule has 0 bridgehead atoms. The Labute approximate surface area is 93.7 Å². The molecule has 80 valence electrons. The largest absolute Gasteiger partial charge is 0.478 e. The van der Waals surface area contributed by atoms with Crippen LogP contribution < -0.4 is 0 Å². The van der Waals surface area contributed by atoms with E-state index in [-0.39, 0.29) is 0 Å². The van der Waals surface area contributed by atoms with Crippen molar-refractivity contribution >= 4 is 17.7 Å². The molecule has 1 aliphatic heterocycles. The first-order valence-electron chi connectivity index (χ1n) is 5.04. The van der Waals surface area contributed by atoms with Crippen molar-refractivity contribution in [3.05, 3.63) is 33.9 Å². The van der Waals surface area contributed by atoms with Crippen LogP contribution in [0.5, 0.6) is 0 Å². The molecular weight excluding hydrogens is 208 g/mol. The van der Waals surface area contributed by atoms with Gasteiger partial charge in [0.2, 0.25) is 0 Å². The predicted octanol–water partition coefficient (Wildman–Crippen LogP) is 2.79. The van der Waals surface area contributed by atoms with Gasteiger partial charge in [-0.2, -0.15) is 11.8 Å². The van der Waals surface area contributed by atoms with E-state index < -0.39 is 5.97 Å². The molecule has 3 heteroatoms. The van der Waals surface area contributed by atoms with Gasteiger partial charge >= 0.3 is 5.97 Å². The van der Waals surface area contributed by atoms with Gasteiger partial charge in [-0.3, -0.25) is 0 Å². The third-order valence-corrected chi connectivity index (χ3v) is 3.98. The smallest absolute Gasteiger partial charge is 0.336 e. The minimum Gasteiger partial charge on any atom is -0.478 e. The number of hydrogen-bond acceptors (Lipinski definition) is 2. The highest BCUT2D eigenvalue weighted by Crippen LogP contribution is 2.30. The van der Waals surface area contributed by atoms with E-state index >= 15 is 0 Å². The molecule has 1 heterocycles. The number of hydrogen-bond donors (Lipinski definition) is 1. The first-order valence-corrected chi connectivity index (χ1v) is 6.19. The van der Waals surface area contributed by atoms with Crippen LogP contribution in [0.3, 0.4) is 0 Å². The van der Waals surface area contributed by atoms with Gasteiger partial charge in [0.25, 0.3) is 0 Å². The maximum atomic E-state index is 11.1. The minimum atomic E-state index is -0.800. The van der Waals surface area contributed by atoms with Crippen molar-refractivity contribution in [1.82, 2.24) is 0 Å². The van der Waals surface area contributed by atoms with E-state index in [0.717, 1.165) is 29.1 Å². The Kier molecular flexibility index (Phi) is 2.74. The maximum Gasteiger partial charge on any atom is 0.336 e. The molecular formula is C12H14O2S. The summed E-state index contributed by atoms with van der Waals surface area (Å²) in [5.74, 6) is 1.33. The molecule has 0 atom stereocenters. The first kappa shape index (κ1) is 10.6. The molecule has 1 aromatic carbocycles. The van der Waals surface area contributed by atoms with Crippen LogP contribution in [0.2, 0.25) is 0 Å². The van der Waals surface area contributed by atoms with Gasteiger partial charge in [-0.1, -0.05) is 6.07 Å². The van der Waals surface area contributed by atoms with E-state index in [9.17, 15) is 4.79 Å². The Morgan fingerprint density at radius 1 is 1.47 bits per heavy atom. The zero-order chi connectivity index (χ0) is 11.0. The fraction of sp³-hybridized carbons (Fsp3) is 0.417. The van der Waals surface area contributed by atoms with Crippen molar-refractivity contribution in [2.45, 2.75) is 26.0 Å². The van der Waals surface area contributed by atoms with Gasteiger partial charge in [-0.15, -0.1) is 0 Å². The Bertz CT molecular complexity index is 424. The van der Waals surface area contributed by atoms with Crippen LogP contribution in [0, 0.1) is 13.8 Å². The predicted molar refractivity (Wildman–Crippen MR) is 62.7 cm³/mol. The van der Waals surface area contributed by atoms with Crippen LogP contribution in [-0.4, -0.2) is 16.8 Å². The van der Waals surface area contributed by atoms with Crippen LogP contribution in [0.25, 0.3) is 0 Å². The van der Waals surface area contributed by atoms with Gasteiger partial charge in [0.05, 0.1) is 5.56 Å². The van der Waals surface area contributed by atoms with Crippen molar-refractivity contribution in [1.29, 1.82) is 0 Å². The van der Waals surface area contributed by atoms with Gasteiger partial charge in [-0.05, 0) is 48.3 Å². The summed E-state index contributed by atoms with van der Waals surface area (Å²) in [5, 5.41) is 9.14. The topological polar surface area (TPSA) is 37.3 Å². The van der Waals surface area contributed by atoms with Gasteiger partial charge in [0.15, 0.2) is 0 Å². The molecule has 1 aromatic rings. The zero-order valence-corrected chi connectivity index (χ0v) is 9.78. The maximum absolute atomic E-state index is 11.1. The number of carboxylic acids is 1. The highest BCUT2D eigenvalue weighted by molar-refractivity contribution is 7.98. The lowest BCUT2D eigenvalue weighted by Crippen LogP contribution is -2.11. The number of rotatable bonds is 1. The van der Waals surface area contributed by atoms with Gasteiger partial charge < -0.3 is 5.11 Å². The first-order chi connectivity index (χ1) is 7.11. The third-order valence-electron chi connectivity index (χ3n) is 2.97. The molecule has 1 N–H and O–H groups in total. The van der Waals surface area contributed by atoms with Crippen molar-refractivity contribution in [3.63, 3.8) is 0 Å². The van der Waals surface area contributed by atoms with Crippen LogP contribution in [0.15, 0.2) is 6.07 Å². The third kappa shape index (κ3) is 1.76. The number of fused-ring (bicyclic) bond motifs is 1. The number of benzene rings is 1. The number of carboxylic acid groups (broad SMARTS) is 1. The lowest BCUT2D eigenvalue weighted by molar-refractivity contribution is 0.0695. The minimum absolute atomic E-state index is 0.501. The summed E-state index contributed by atoms with van der Waals surface area (Å²) in [5.41, 5.74) is 4.95. The summed E-state index contributed by atoms with van der Waals surface area (Å²) in [6, 6.07) is 2.04. The second kappa shape index (κ2) is 3.89. The fourth-order valence-corrected chi connectivity index (χ4v) is 3.24. The molecule has 0 radical (unpaired) electrons. The Morgan fingerprint density at radius 2 is 2.20 bits per heavy atom. The molecule has 0 saturated carbocycles. The summed E-state index contributed by atoms with van der Waals surface area (Å²) in [6.45, 7) is 3.82. The van der Waals surface area contributed by atoms with Crippen LogP contribution in [-0.2, 0) is 12.2 Å². The second-order valence-corrected chi connectivity index (χ2v) is 5.04. The van der Waals surface area contributed by atoms with Crippen molar-refractivity contribution in [2.75, 3.05) is 5.75 Å². The summed E-state index contributed by atoms with van der Waals surface area (Å²) >= 11 is 1.92. The molecule has 0 aromatic heterocycles. The van der Waals surface area contributed by atoms with E-state index in [1.165, 1.54) is 11.1 Å². The van der Waals surface area contributed by atoms with Crippen LogP contribution >= 0.6 is 11.8 Å². The highest BCUT2D eigenvalue weighted by Gasteiger charge is 2.19. The summed E-state index contributed by atoms with van der Waals surface area (Å²) in [6.07, 6.45) is 1.01. The summed E-state index contributed by atoms with van der Waals surface area (Å²) in [4.78, 5) is 11.1. The average Bonchev–Trinajstić information content (AvgIpc) is 2.17. The number of thioether (sulfide) groups is 1. The SMILES string of the molecule is Cc1cc2c(c(C)c1C(=O)O)CCSC2. The molecule has 15 heavy (non-hydrogen) atoms. The van der Waals surface area contributed by atoms with Gasteiger partial charge in [0.1, 0.15) is 0 Å². The van der Waals surface area contributed by atoms with Crippen molar-refractivity contribution in [3.8, 4) is 0 Å². The van der Waals surface area contributed by atoms with E-state index in [1.54, 1.807) is 0 Å². The Morgan fingerprint density at radius 3 is 2.87 bits per heavy atom. The summed E-state index contributed by atoms with van der Waals surface area (Å²) < 4.78 is 0. The fourth-order valence-electron chi connectivity index (χ4n) is 2.27. The van der Waals surface area contributed by atoms with Crippen molar-refractivity contribution in [2.24, 2.45) is 0 Å². The molecule has 0 spiro atoms. The molecule has 0 fully saturated rings. The van der Waals surface area contributed by atoms with E-state index in [4.69, 9.17) is 5.11 Å². The molecule has 0 aliphatic carbocycles. The molecule has 0 amide bonds. The molecule has 0 saturated heterocycles. The molecule has 2 nitrogen and oxygen atoms in total. The van der Waals surface area contributed by atoms with Crippen LogP contribution in [0.4, 0.5) is 0 Å². The normalized spacial score (nSPS) is 14.8. The Balaban J connectivity index is 2.64. The standard InChI is InChI=1S/C12H14O2S/c1-7-5-9-6-15-4-3-10(9)8(2)11(7)12(13)14/h5H,3-4,6H2,1-2H3,(H,13,14). The lowest BCUT2D eigenvalue weighted by Gasteiger charge is -2.20. The number of aryl methyl sites for hydroxylation is 1. The van der Waals surface area contributed by atoms with Crippen molar-refractivity contribution < 1.29 is 9.90 Å². The van der Waals surface area contributed by atoms with Gasteiger partial charge in [0, 0.05) is 5.75 Å². The molecule has 0 unspecified atom stereocenters. The lowest BCUT2D eigenvalue weighted by atomic mass is 9.92. The second-order valence-electron chi connectivity index (χ2n) is 3.94. The number of carbonyl (C=O) groups is 1. The number of aromatic carboxylic acids is 1. The average molecular weight is 222 g/mol.